The molecule has 1 heterocycles. The smallest absolute Gasteiger partial charge is 0.181 e. The van der Waals surface area contributed by atoms with E-state index in [0.717, 1.165) is 11.5 Å². The Labute approximate surface area is 99.5 Å². The van der Waals surface area contributed by atoms with Crippen LogP contribution in [0.2, 0.25) is 0 Å². The molecule has 0 aliphatic rings. The lowest BCUT2D eigenvalue weighted by molar-refractivity contribution is 0.186. The number of oxazole rings is 1. The second-order valence-corrected chi connectivity index (χ2v) is 7.16. The normalized spacial score (nSPS) is 14.2. The van der Waals surface area contributed by atoms with Crippen molar-refractivity contribution >= 4 is 0 Å². The van der Waals surface area contributed by atoms with E-state index in [4.69, 9.17) is 4.42 Å². The molecule has 0 amide bonds. The predicted octanol–water partition coefficient (Wildman–Crippen LogP) is 4.30. The van der Waals surface area contributed by atoms with E-state index >= 15 is 0 Å². The van der Waals surface area contributed by atoms with E-state index in [1.165, 1.54) is 0 Å². The minimum absolute atomic E-state index is 0.0217. The molecule has 2 nitrogen and oxygen atoms in total. The van der Waals surface area contributed by atoms with Crippen LogP contribution in [0.3, 0.4) is 0 Å². The molecule has 1 aromatic heterocycles. The van der Waals surface area contributed by atoms with Crippen molar-refractivity contribution in [1.29, 1.82) is 0 Å². The van der Waals surface area contributed by atoms with E-state index in [1.54, 1.807) is 6.39 Å². The zero-order valence-electron chi connectivity index (χ0n) is 11.9. The van der Waals surface area contributed by atoms with Crippen LogP contribution in [0.15, 0.2) is 10.8 Å². The molecule has 0 saturated carbocycles. The summed E-state index contributed by atoms with van der Waals surface area (Å²) in [6, 6.07) is 0. The van der Waals surface area contributed by atoms with Gasteiger partial charge in [-0.1, -0.05) is 55.4 Å². The third kappa shape index (κ3) is 2.16. The molecule has 0 aromatic carbocycles. The van der Waals surface area contributed by atoms with Crippen molar-refractivity contribution in [2.24, 2.45) is 5.41 Å². The van der Waals surface area contributed by atoms with E-state index in [-0.39, 0.29) is 16.2 Å². The Bertz CT molecular complexity index is 361. The molecule has 0 N–H and O–H groups in total. The van der Waals surface area contributed by atoms with Crippen LogP contribution in [0.5, 0.6) is 0 Å². The maximum atomic E-state index is 5.67. The molecule has 0 radical (unpaired) electrons. The van der Waals surface area contributed by atoms with Gasteiger partial charge in [0.05, 0.1) is 5.69 Å². The maximum absolute atomic E-state index is 5.67. The van der Waals surface area contributed by atoms with Gasteiger partial charge in [0.25, 0.3) is 0 Å². The summed E-state index contributed by atoms with van der Waals surface area (Å²) >= 11 is 0. The largest absolute Gasteiger partial charge is 0.448 e. The molecule has 92 valence electrons. The monoisotopic (exact) mass is 223 g/mol. The molecule has 0 saturated heterocycles. The Hall–Kier alpha value is -0.790. The van der Waals surface area contributed by atoms with Crippen LogP contribution < -0.4 is 0 Å². The molecule has 0 bridgehead atoms. The lowest BCUT2D eigenvalue weighted by Crippen LogP contribution is -2.35. The molecule has 16 heavy (non-hydrogen) atoms. The van der Waals surface area contributed by atoms with Crippen LogP contribution in [0.4, 0.5) is 0 Å². The maximum Gasteiger partial charge on any atom is 0.181 e. The minimum Gasteiger partial charge on any atom is -0.448 e. The molecule has 0 spiro atoms. The van der Waals surface area contributed by atoms with Crippen molar-refractivity contribution in [1.82, 2.24) is 4.98 Å². The third-order valence-corrected chi connectivity index (χ3v) is 3.72. The second-order valence-electron chi connectivity index (χ2n) is 7.16. The molecule has 2 heteroatoms. The highest BCUT2D eigenvalue weighted by Gasteiger charge is 2.41. The SMILES string of the molecule is CC(C)(C)c1ncoc1C(C)(C)C(C)(C)C. The van der Waals surface area contributed by atoms with Crippen LogP contribution in [0, 0.1) is 5.41 Å². The van der Waals surface area contributed by atoms with Crippen molar-refractivity contribution < 1.29 is 4.42 Å². The topological polar surface area (TPSA) is 26.0 Å². The summed E-state index contributed by atoms with van der Waals surface area (Å²) < 4.78 is 5.67. The van der Waals surface area contributed by atoms with Gasteiger partial charge in [-0.25, -0.2) is 4.98 Å². The number of hydrogen-bond acceptors (Lipinski definition) is 2. The first-order valence-electron chi connectivity index (χ1n) is 5.92. The van der Waals surface area contributed by atoms with Crippen molar-refractivity contribution in [3.8, 4) is 0 Å². The van der Waals surface area contributed by atoms with E-state index < -0.39 is 0 Å². The first-order valence-corrected chi connectivity index (χ1v) is 5.92. The Morgan fingerprint density at radius 3 is 1.81 bits per heavy atom. The molecular weight excluding hydrogens is 198 g/mol. The van der Waals surface area contributed by atoms with Gasteiger partial charge >= 0.3 is 0 Å². The summed E-state index contributed by atoms with van der Waals surface area (Å²) in [6.45, 7) is 17.7. The molecule has 0 aliphatic carbocycles. The fourth-order valence-corrected chi connectivity index (χ4v) is 1.56. The molecule has 0 atom stereocenters. The molecule has 0 fully saturated rings. The van der Waals surface area contributed by atoms with Gasteiger partial charge < -0.3 is 4.42 Å². The van der Waals surface area contributed by atoms with Gasteiger partial charge in [-0.3, -0.25) is 0 Å². The van der Waals surface area contributed by atoms with E-state index in [2.05, 4.69) is 60.4 Å². The molecular formula is C14H25NO. The molecule has 1 rings (SSSR count). The highest BCUT2D eigenvalue weighted by Crippen LogP contribution is 2.44. The number of hydrogen-bond donors (Lipinski definition) is 0. The van der Waals surface area contributed by atoms with Crippen LogP contribution in [0.1, 0.15) is 66.8 Å². The highest BCUT2D eigenvalue weighted by molar-refractivity contribution is 5.25. The molecule has 0 unspecified atom stereocenters. The van der Waals surface area contributed by atoms with Crippen LogP contribution >= 0.6 is 0 Å². The fraction of sp³-hybridized carbons (Fsp3) is 0.786. The molecule has 0 aliphatic heterocycles. The Kier molecular flexibility index (Phi) is 3.00. The van der Waals surface area contributed by atoms with Gasteiger partial charge in [0, 0.05) is 10.8 Å². The highest BCUT2D eigenvalue weighted by atomic mass is 16.3. The first kappa shape index (κ1) is 13.3. The lowest BCUT2D eigenvalue weighted by Gasteiger charge is -2.38. The van der Waals surface area contributed by atoms with Gasteiger partial charge in [-0.2, -0.15) is 0 Å². The second kappa shape index (κ2) is 3.61. The predicted molar refractivity (Wildman–Crippen MR) is 67.7 cm³/mol. The van der Waals surface area contributed by atoms with E-state index in [0.29, 0.717) is 0 Å². The quantitative estimate of drug-likeness (QED) is 0.709. The Balaban J connectivity index is 3.31. The third-order valence-electron chi connectivity index (χ3n) is 3.72. The van der Waals surface area contributed by atoms with Crippen molar-refractivity contribution in [3.05, 3.63) is 17.8 Å². The molecule has 1 aromatic rings. The summed E-state index contributed by atoms with van der Waals surface area (Å²) in [5.41, 5.74) is 1.23. The first-order chi connectivity index (χ1) is 6.98. The number of rotatable bonds is 1. The minimum atomic E-state index is -0.0217. The summed E-state index contributed by atoms with van der Waals surface area (Å²) in [7, 11) is 0. The van der Waals surface area contributed by atoms with Gasteiger partial charge in [-0.15, -0.1) is 0 Å². The average molecular weight is 223 g/mol. The van der Waals surface area contributed by atoms with Gasteiger partial charge in [0.1, 0.15) is 5.76 Å². The van der Waals surface area contributed by atoms with Gasteiger partial charge in [-0.05, 0) is 5.41 Å². The van der Waals surface area contributed by atoms with Gasteiger partial charge in [0.2, 0.25) is 0 Å². The lowest BCUT2D eigenvalue weighted by atomic mass is 9.66. The summed E-state index contributed by atoms with van der Waals surface area (Å²) in [4.78, 5) is 4.40. The van der Waals surface area contributed by atoms with Crippen molar-refractivity contribution in [3.63, 3.8) is 0 Å². The summed E-state index contributed by atoms with van der Waals surface area (Å²) in [5, 5.41) is 0. The van der Waals surface area contributed by atoms with Crippen molar-refractivity contribution in [2.75, 3.05) is 0 Å². The zero-order chi connectivity index (χ0) is 12.8. The van der Waals surface area contributed by atoms with E-state index in [1.807, 2.05) is 0 Å². The Morgan fingerprint density at radius 2 is 1.44 bits per heavy atom. The van der Waals surface area contributed by atoms with Gasteiger partial charge in [0.15, 0.2) is 6.39 Å². The Morgan fingerprint density at radius 1 is 0.938 bits per heavy atom. The fourth-order valence-electron chi connectivity index (χ4n) is 1.56. The number of nitrogens with zero attached hydrogens (tertiary/aromatic N) is 1. The number of aromatic nitrogens is 1. The average Bonchev–Trinajstić information content (AvgIpc) is 2.47. The zero-order valence-corrected chi connectivity index (χ0v) is 11.9. The van der Waals surface area contributed by atoms with Crippen molar-refractivity contribution in [2.45, 2.75) is 66.2 Å². The van der Waals surface area contributed by atoms with Crippen LogP contribution in [0.25, 0.3) is 0 Å². The van der Waals surface area contributed by atoms with Crippen LogP contribution in [-0.4, -0.2) is 4.98 Å². The van der Waals surface area contributed by atoms with Crippen LogP contribution in [-0.2, 0) is 10.8 Å². The standard InChI is InChI=1S/C14H25NO/c1-12(2,3)10-11(16-9-15-10)14(7,8)13(4,5)6/h9H,1-8H3. The summed E-state index contributed by atoms with van der Waals surface area (Å²) in [6.07, 6.45) is 1.57. The van der Waals surface area contributed by atoms with E-state index in [9.17, 15) is 0 Å². The summed E-state index contributed by atoms with van der Waals surface area (Å²) in [5.74, 6) is 1.02.